The van der Waals surface area contributed by atoms with Crippen molar-refractivity contribution < 1.29 is 18.3 Å². The number of benzene rings is 1. The molecule has 0 aliphatic rings. The zero-order valence-corrected chi connectivity index (χ0v) is 11.1. The lowest BCUT2D eigenvalue weighted by Crippen LogP contribution is -2.20. The van der Waals surface area contributed by atoms with Gasteiger partial charge in [-0.05, 0) is 30.3 Å². The number of nitrogens with one attached hydrogen (secondary N) is 2. The highest BCUT2D eigenvalue weighted by atomic mass is 32.2. The largest absolute Gasteiger partial charge is 0.481 e. The molecule has 0 atom stereocenters. The van der Waals surface area contributed by atoms with Crippen LogP contribution in [0.1, 0.15) is 11.1 Å². The molecular formula is C12H14N2O4S. The van der Waals surface area contributed by atoms with Gasteiger partial charge in [-0.3, -0.25) is 4.79 Å². The van der Waals surface area contributed by atoms with Gasteiger partial charge in [0, 0.05) is 17.1 Å². The first-order chi connectivity index (χ1) is 8.91. The molecule has 1 heterocycles. The minimum absolute atomic E-state index is 0.0950. The smallest absolute Gasteiger partial charge is 0.307 e. The van der Waals surface area contributed by atoms with Gasteiger partial charge in [-0.15, -0.1) is 0 Å². The Morgan fingerprint density at radius 1 is 1.42 bits per heavy atom. The van der Waals surface area contributed by atoms with Crippen LogP contribution in [0.3, 0.4) is 0 Å². The van der Waals surface area contributed by atoms with Crippen LogP contribution in [0.25, 0.3) is 10.9 Å². The summed E-state index contributed by atoms with van der Waals surface area (Å²) in [6.45, 7) is 0. The molecule has 0 bridgehead atoms. The molecule has 0 aliphatic heterocycles. The summed E-state index contributed by atoms with van der Waals surface area (Å²) in [7, 11) is -1.98. The zero-order chi connectivity index (χ0) is 14.0. The Labute approximate surface area is 110 Å². The Morgan fingerprint density at radius 2 is 2.16 bits per heavy atom. The van der Waals surface area contributed by atoms with Gasteiger partial charge in [0.1, 0.15) is 0 Å². The molecule has 1 aromatic carbocycles. The van der Waals surface area contributed by atoms with E-state index >= 15 is 0 Å². The van der Waals surface area contributed by atoms with Crippen molar-refractivity contribution in [2.75, 3.05) is 7.05 Å². The van der Waals surface area contributed by atoms with Crippen LogP contribution in [0.5, 0.6) is 0 Å². The molecule has 19 heavy (non-hydrogen) atoms. The predicted octanol–water partition coefficient (Wildman–Crippen LogP) is 0.844. The van der Waals surface area contributed by atoms with E-state index in [2.05, 4.69) is 9.71 Å². The van der Waals surface area contributed by atoms with Gasteiger partial charge in [-0.1, -0.05) is 6.07 Å². The standard InChI is InChI=1S/C12H14N2O4S/c1-13-19(17,18)7-8-2-3-11-10(4-8)9(6-14-11)5-12(15)16/h2-4,6,13-14H,5,7H2,1H3,(H,15,16). The van der Waals surface area contributed by atoms with Crippen molar-refractivity contribution in [2.45, 2.75) is 12.2 Å². The Hall–Kier alpha value is -1.86. The number of carbonyl (C=O) groups is 1. The van der Waals surface area contributed by atoms with Crippen LogP contribution in [0, 0.1) is 0 Å². The third-order valence-electron chi connectivity index (χ3n) is 2.84. The number of sulfonamides is 1. The fraction of sp³-hybridized carbons (Fsp3) is 0.250. The second kappa shape index (κ2) is 5.02. The van der Waals surface area contributed by atoms with Crippen molar-refractivity contribution in [1.82, 2.24) is 9.71 Å². The highest BCUT2D eigenvalue weighted by Crippen LogP contribution is 2.21. The van der Waals surface area contributed by atoms with Crippen molar-refractivity contribution in [3.8, 4) is 0 Å². The number of rotatable bonds is 5. The number of fused-ring (bicyclic) bond motifs is 1. The van der Waals surface area contributed by atoms with Crippen LogP contribution in [-0.4, -0.2) is 31.5 Å². The topological polar surface area (TPSA) is 99.3 Å². The van der Waals surface area contributed by atoms with E-state index in [4.69, 9.17) is 5.11 Å². The molecule has 0 radical (unpaired) electrons. The van der Waals surface area contributed by atoms with Gasteiger partial charge in [0.05, 0.1) is 12.2 Å². The quantitative estimate of drug-likeness (QED) is 0.756. The summed E-state index contributed by atoms with van der Waals surface area (Å²) in [5.74, 6) is -1.05. The van der Waals surface area contributed by atoms with Crippen LogP contribution >= 0.6 is 0 Å². The molecule has 1 aromatic heterocycles. The van der Waals surface area contributed by atoms with Gasteiger partial charge in [0.2, 0.25) is 10.0 Å². The van der Waals surface area contributed by atoms with Crippen molar-refractivity contribution in [3.05, 3.63) is 35.5 Å². The number of aliphatic carboxylic acids is 1. The van der Waals surface area contributed by atoms with Crippen molar-refractivity contribution >= 4 is 26.9 Å². The highest BCUT2D eigenvalue weighted by Gasteiger charge is 2.12. The second-order valence-electron chi connectivity index (χ2n) is 4.23. The molecule has 2 rings (SSSR count). The maximum absolute atomic E-state index is 11.5. The van der Waals surface area contributed by atoms with Crippen molar-refractivity contribution in [2.24, 2.45) is 0 Å². The number of hydrogen-bond donors (Lipinski definition) is 3. The summed E-state index contributed by atoms with van der Waals surface area (Å²) in [4.78, 5) is 13.7. The van der Waals surface area contributed by atoms with E-state index in [-0.39, 0.29) is 12.2 Å². The lowest BCUT2D eigenvalue weighted by Gasteiger charge is -2.03. The number of H-pyrrole nitrogens is 1. The normalized spacial score (nSPS) is 11.8. The lowest BCUT2D eigenvalue weighted by atomic mass is 10.1. The minimum atomic E-state index is -3.34. The van der Waals surface area contributed by atoms with E-state index < -0.39 is 16.0 Å². The summed E-state index contributed by atoms with van der Waals surface area (Å²) in [5.41, 5.74) is 2.06. The van der Waals surface area contributed by atoms with Crippen LogP contribution in [0.15, 0.2) is 24.4 Å². The molecule has 3 N–H and O–H groups in total. The van der Waals surface area contributed by atoms with E-state index in [0.29, 0.717) is 11.1 Å². The van der Waals surface area contributed by atoms with Crippen molar-refractivity contribution in [3.63, 3.8) is 0 Å². The van der Waals surface area contributed by atoms with Gasteiger partial charge < -0.3 is 10.1 Å². The molecule has 0 amide bonds. The fourth-order valence-corrected chi connectivity index (χ4v) is 2.68. The number of carboxylic acid groups (broad SMARTS) is 1. The molecule has 0 unspecified atom stereocenters. The Morgan fingerprint density at radius 3 is 2.79 bits per heavy atom. The van der Waals surface area contributed by atoms with Crippen LogP contribution in [0.2, 0.25) is 0 Å². The Balaban J connectivity index is 2.41. The summed E-state index contributed by atoms with van der Waals surface area (Å²) >= 11 is 0. The summed E-state index contributed by atoms with van der Waals surface area (Å²) in [6.07, 6.45) is 1.54. The lowest BCUT2D eigenvalue weighted by molar-refractivity contribution is -0.136. The van der Waals surface area contributed by atoms with Gasteiger partial charge in [-0.25, -0.2) is 13.1 Å². The predicted molar refractivity (Wildman–Crippen MR) is 71.3 cm³/mol. The highest BCUT2D eigenvalue weighted by molar-refractivity contribution is 7.88. The molecule has 0 saturated carbocycles. The van der Waals surface area contributed by atoms with Crippen molar-refractivity contribution in [1.29, 1.82) is 0 Å². The van der Waals surface area contributed by atoms with Crippen LogP contribution in [-0.2, 0) is 27.0 Å². The molecule has 0 fully saturated rings. The molecule has 0 saturated heterocycles. The maximum atomic E-state index is 11.5. The zero-order valence-electron chi connectivity index (χ0n) is 10.3. The molecule has 0 aliphatic carbocycles. The first-order valence-electron chi connectivity index (χ1n) is 5.63. The fourth-order valence-electron chi connectivity index (χ4n) is 1.92. The van der Waals surface area contributed by atoms with Gasteiger partial charge in [-0.2, -0.15) is 0 Å². The number of aromatic amines is 1. The molecule has 0 spiro atoms. The monoisotopic (exact) mass is 282 g/mol. The van der Waals surface area contributed by atoms with Gasteiger partial charge >= 0.3 is 5.97 Å². The number of hydrogen-bond acceptors (Lipinski definition) is 3. The first kappa shape index (κ1) is 13.6. The Bertz CT molecular complexity index is 718. The molecule has 102 valence electrons. The third-order valence-corrected chi connectivity index (χ3v) is 4.18. The van der Waals surface area contributed by atoms with E-state index in [1.54, 1.807) is 24.4 Å². The minimum Gasteiger partial charge on any atom is -0.481 e. The second-order valence-corrected chi connectivity index (χ2v) is 6.15. The van der Waals surface area contributed by atoms with E-state index in [1.807, 2.05) is 0 Å². The molecular weight excluding hydrogens is 268 g/mol. The summed E-state index contributed by atoms with van der Waals surface area (Å²) < 4.78 is 25.2. The number of carboxylic acids is 1. The van der Waals surface area contributed by atoms with E-state index in [1.165, 1.54) is 7.05 Å². The summed E-state index contributed by atoms with van der Waals surface area (Å²) in [6, 6.07) is 5.17. The van der Waals surface area contributed by atoms with E-state index in [0.717, 1.165) is 10.9 Å². The molecule has 2 aromatic rings. The molecule has 6 nitrogen and oxygen atoms in total. The SMILES string of the molecule is CNS(=O)(=O)Cc1ccc2[nH]cc(CC(=O)O)c2c1. The average molecular weight is 282 g/mol. The number of aromatic nitrogens is 1. The maximum Gasteiger partial charge on any atom is 0.307 e. The molecule has 7 heteroatoms. The van der Waals surface area contributed by atoms with E-state index in [9.17, 15) is 13.2 Å². The Kier molecular flexibility index (Phi) is 3.59. The average Bonchev–Trinajstić information content (AvgIpc) is 2.71. The van der Waals surface area contributed by atoms with Crippen LogP contribution < -0.4 is 4.72 Å². The first-order valence-corrected chi connectivity index (χ1v) is 7.28. The van der Waals surface area contributed by atoms with Gasteiger partial charge in [0.15, 0.2) is 0 Å². The van der Waals surface area contributed by atoms with Crippen LogP contribution in [0.4, 0.5) is 0 Å². The third kappa shape index (κ3) is 3.12. The summed E-state index contributed by atoms with van der Waals surface area (Å²) in [5, 5.41) is 9.56. The van der Waals surface area contributed by atoms with Gasteiger partial charge in [0.25, 0.3) is 0 Å².